The molecule has 2 aromatic rings. The molecule has 1 aliphatic carbocycles. The maximum absolute atomic E-state index is 12.6. The SMILES string of the molecule is COc1cccc(OC)c1-c1cc(C2OC2/N=C(\CCN2CCCCC2)CC(=O)OCC(C)C)nn1C1CCCC1. The van der Waals surface area contributed by atoms with Crippen LogP contribution in [-0.4, -0.2) is 73.1 Å². The van der Waals surface area contributed by atoms with Gasteiger partial charge in [-0.25, -0.2) is 0 Å². The number of benzene rings is 1. The topological polar surface area (TPSA) is 90.7 Å². The lowest BCUT2D eigenvalue weighted by molar-refractivity contribution is -0.143. The lowest BCUT2D eigenvalue weighted by atomic mass is 10.1. The zero-order chi connectivity index (χ0) is 28.8. The first-order valence-electron chi connectivity index (χ1n) is 15.4. The molecule has 9 nitrogen and oxygen atoms in total. The molecule has 0 bridgehead atoms. The summed E-state index contributed by atoms with van der Waals surface area (Å²) < 4.78 is 25.2. The second-order valence-electron chi connectivity index (χ2n) is 11.9. The number of esters is 1. The van der Waals surface area contributed by atoms with Gasteiger partial charge in [0.2, 0.25) is 0 Å². The summed E-state index contributed by atoms with van der Waals surface area (Å²) in [5.74, 6) is 1.58. The Morgan fingerprint density at radius 2 is 1.78 bits per heavy atom. The van der Waals surface area contributed by atoms with E-state index in [2.05, 4.69) is 15.6 Å². The number of methoxy groups -OCH3 is 2. The van der Waals surface area contributed by atoms with Crippen LogP contribution in [0.4, 0.5) is 0 Å². The Hall–Kier alpha value is -2.91. The van der Waals surface area contributed by atoms with Crippen LogP contribution in [0.1, 0.15) is 89.5 Å². The highest BCUT2D eigenvalue weighted by Crippen LogP contribution is 2.46. The van der Waals surface area contributed by atoms with E-state index in [4.69, 9.17) is 29.0 Å². The maximum Gasteiger partial charge on any atom is 0.311 e. The molecule has 9 heteroatoms. The fraction of sp³-hybridized carbons (Fsp3) is 0.656. The first kappa shape index (κ1) is 29.6. The number of carbonyl (C=O) groups is 1. The van der Waals surface area contributed by atoms with Crippen LogP contribution < -0.4 is 9.47 Å². The first-order valence-corrected chi connectivity index (χ1v) is 15.4. The Kier molecular flexibility index (Phi) is 9.98. The van der Waals surface area contributed by atoms with Gasteiger partial charge in [-0.15, -0.1) is 0 Å². The van der Waals surface area contributed by atoms with Crippen molar-refractivity contribution in [1.82, 2.24) is 14.7 Å². The van der Waals surface area contributed by atoms with Crippen molar-refractivity contribution in [1.29, 1.82) is 0 Å². The molecular formula is C32H46N4O5. The maximum atomic E-state index is 12.6. The zero-order valence-electron chi connectivity index (χ0n) is 25.1. The van der Waals surface area contributed by atoms with Crippen LogP contribution in [0.5, 0.6) is 11.5 Å². The fourth-order valence-corrected chi connectivity index (χ4v) is 6.01. The van der Waals surface area contributed by atoms with Gasteiger partial charge in [-0.3, -0.25) is 14.5 Å². The summed E-state index contributed by atoms with van der Waals surface area (Å²) in [4.78, 5) is 20.1. The number of nitrogens with zero attached hydrogens (tertiary/aromatic N) is 4. The summed E-state index contributed by atoms with van der Waals surface area (Å²) in [6.07, 6.45) is 8.71. The first-order chi connectivity index (χ1) is 20.0. The van der Waals surface area contributed by atoms with Crippen molar-refractivity contribution >= 4 is 11.7 Å². The third-order valence-electron chi connectivity index (χ3n) is 8.27. The van der Waals surface area contributed by atoms with Crippen LogP contribution in [0, 0.1) is 5.92 Å². The molecule has 2 unspecified atom stereocenters. The third kappa shape index (κ3) is 7.49. The Morgan fingerprint density at radius 1 is 1.07 bits per heavy atom. The average molecular weight is 567 g/mol. The van der Waals surface area contributed by atoms with Gasteiger partial charge in [-0.1, -0.05) is 39.2 Å². The van der Waals surface area contributed by atoms with Crippen LogP contribution in [0.25, 0.3) is 11.3 Å². The Bertz CT molecular complexity index is 1170. The Morgan fingerprint density at radius 3 is 2.44 bits per heavy atom. The molecule has 1 aromatic carbocycles. The molecule has 2 saturated heterocycles. The smallest absolute Gasteiger partial charge is 0.311 e. The zero-order valence-corrected chi connectivity index (χ0v) is 25.1. The molecular weight excluding hydrogens is 520 g/mol. The van der Waals surface area contributed by atoms with Gasteiger partial charge in [0.25, 0.3) is 0 Å². The third-order valence-corrected chi connectivity index (χ3v) is 8.27. The highest BCUT2D eigenvalue weighted by Gasteiger charge is 2.44. The summed E-state index contributed by atoms with van der Waals surface area (Å²) in [7, 11) is 3.36. The summed E-state index contributed by atoms with van der Waals surface area (Å²) in [6, 6.07) is 8.27. The highest BCUT2D eigenvalue weighted by atomic mass is 16.6. The van der Waals surface area contributed by atoms with E-state index in [0.29, 0.717) is 18.6 Å². The molecule has 41 heavy (non-hydrogen) atoms. The van der Waals surface area contributed by atoms with Gasteiger partial charge in [0.15, 0.2) is 12.3 Å². The lowest BCUT2D eigenvalue weighted by Crippen LogP contribution is -2.32. The minimum Gasteiger partial charge on any atom is -0.496 e. The molecule has 5 rings (SSSR count). The summed E-state index contributed by atoms with van der Waals surface area (Å²) in [6.45, 7) is 7.64. The molecule has 0 N–H and O–H groups in total. The van der Waals surface area contributed by atoms with Crippen LogP contribution in [-0.2, 0) is 14.3 Å². The van der Waals surface area contributed by atoms with E-state index in [1.54, 1.807) is 14.2 Å². The molecule has 1 aromatic heterocycles. The molecule has 3 fully saturated rings. The van der Waals surface area contributed by atoms with Gasteiger partial charge >= 0.3 is 5.97 Å². The number of aromatic nitrogens is 2. The number of carbonyl (C=O) groups excluding carboxylic acids is 1. The number of hydrogen-bond donors (Lipinski definition) is 0. The van der Waals surface area contributed by atoms with Crippen molar-refractivity contribution in [2.75, 3.05) is 40.5 Å². The standard InChI is InChI=1S/C32H46N4O5/c1-22(2)21-40-29(37)19-23(15-18-35-16-8-5-9-17-35)33-32-31(41-32)25-20-26(36(34-25)24-11-6-7-12-24)30-27(38-3)13-10-14-28(30)39-4/h10,13-14,20,22,24,31-32H,5-9,11-12,15-19,21H2,1-4H3/b33-23+. The number of piperidine rings is 1. The number of aliphatic imine (C=N–C) groups is 1. The molecule has 0 amide bonds. The van der Waals surface area contributed by atoms with Crippen LogP contribution >= 0.6 is 0 Å². The van der Waals surface area contributed by atoms with Gasteiger partial charge in [0.05, 0.1) is 50.2 Å². The molecule has 224 valence electrons. The number of rotatable bonds is 13. The second-order valence-corrected chi connectivity index (χ2v) is 11.9. The van der Waals surface area contributed by atoms with Crippen LogP contribution in [0.2, 0.25) is 0 Å². The van der Waals surface area contributed by atoms with Crippen molar-refractivity contribution < 1.29 is 23.7 Å². The van der Waals surface area contributed by atoms with Gasteiger partial charge in [-0.05, 0) is 69.3 Å². The number of hydrogen-bond acceptors (Lipinski definition) is 8. The minimum atomic E-state index is -0.344. The molecule has 2 atom stereocenters. The van der Waals surface area contributed by atoms with Crippen molar-refractivity contribution in [2.45, 2.75) is 90.0 Å². The van der Waals surface area contributed by atoms with Crippen LogP contribution in [0.15, 0.2) is 29.3 Å². The predicted molar refractivity (Wildman–Crippen MR) is 159 cm³/mol. The summed E-state index contributed by atoms with van der Waals surface area (Å²) in [5.41, 5.74) is 3.58. The molecule has 0 radical (unpaired) electrons. The van der Waals surface area contributed by atoms with Crippen molar-refractivity contribution in [3.8, 4) is 22.8 Å². The van der Waals surface area contributed by atoms with Gasteiger partial charge in [0.1, 0.15) is 11.5 Å². The highest BCUT2D eigenvalue weighted by molar-refractivity contribution is 5.99. The van der Waals surface area contributed by atoms with Gasteiger partial charge in [0, 0.05) is 12.3 Å². The van der Waals surface area contributed by atoms with E-state index in [9.17, 15) is 4.79 Å². The molecule has 3 heterocycles. The molecule has 1 saturated carbocycles. The lowest BCUT2D eigenvalue weighted by Gasteiger charge is -2.26. The van der Waals surface area contributed by atoms with Gasteiger partial charge < -0.3 is 23.8 Å². The van der Waals surface area contributed by atoms with Crippen molar-refractivity contribution in [3.63, 3.8) is 0 Å². The number of likely N-dealkylation sites (tertiary alicyclic amines) is 1. The minimum absolute atomic E-state index is 0.202. The monoisotopic (exact) mass is 566 g/mol. The van der Waals surface area contributed by atoms with E-state index in [1.807, 2.05) is 32.0 Å². The second kappa shape index (κ2) is 13.8. The van der Waals surface area contributed by atoms with Crippen molar-refractivity contribution in [3.05, 3.63) is 30.0 Å². The Labute approximate surface area is 244 Å². The quantitative estimate of drug-likeness (QED) is 0.167. The van der Waals surface area contributed by atoms with Crippen LogP contribution in [0.3, 0.4) is 0 Å². The molecule has 2 aliphatic heterocycles. The normalized spacial score (nSPS) is 21.8. The largest absolute Gasteiger partial charge is 0.496 e. The van der Waals surface area contributed by atoms with E-state index >= 15 is 0 Å². The number of ether oxygens (including phenoxy) is 4. The van der Waals surface area contributed by atoms with Gasteiger partial charge in [-0.2, -0.15) is 5.10 Å². The molecule has 3 aliphatic rings. The average Bonchev–Trinajstić information content (AvgIpc) is 3.34. The summed E-state index contributed by atoms with van der Waals surface area (Å²) in [5, 5.41) is 5.08. The van der Waals surface area contributed by atoms with E-state index < -0.39 is 0 Å². The summed E-state index contributed by atoms with van der Waals surface area (Å²) >= 11 is 0. The van der Waals surface area contributed by atoms with E-state index in [0.717, 1.165) is 73.1 Å². The van der Waals surface area contributed by atoms with E-state index in [1.165, 1.54) is 32.1 Å². The predicted octanol–water partition coefficient (Wildman–Crippen LogP) is 5.99. The van der Waals surface area contributed by atoms with Crippen molar-refractivity contribution in [2.24, 2.45) is 10.9 Å². The Balaban J connectivity index is 1.37. The fourth-order valence-electron chi connectivity index (χ4n) is 6.01. The van der Waals surface area contributed by atoms with E-state index in [-0.39, 0.29) is 24.7 Å². The molecule has 0 spiro atoms. The number of epoxide rings is 1.